The first-order valence-electron chi connectivity index (χ1n) is 6.82. The molecule has 1 N–H and O–H groups in total. The fourth-order valence-corrected chi connectivity index (χ4v) is 2.70. The third kappa shape index (κ3) is 3.49. The van der Waals surface area contributed by atoms with E-state index in [-0.39, 0.29) is 22.8 Å². The molecule has 1 aromatic carbocycles. The molecule has 1 aliphatic heterocycles. The molecular formula is C14H21N3O4. The highest BCUT2D eigenvalue weighted by Crippen LogP contribution is 2.26. The molecule has 1 heterocycles. The molecule has 1 aliphatic rings. The number of ether oxygens (including phenoxy) is 2. The number of nitrogens with zero attached hydrogens (tertiary/aromatic N) is 2. The van der Waals surface area contributed by atoms with Crippen LogP contribution in [-0.2, 0) is 16.0 Å². The zero-order chi connectivity index (χ0) is 15.4. The number of benzene rings is 1. The first kappa shape index (κ1) is 15.7. The molecule has 7 nitrogen and oxygen atoms in total. The Morgan fingerprint density at radius 3 is 2.43 bits per heavy atom. The van der Waals surface area contributed by atoms with E-state index in [0.29, 0.717) is 12.2 Å². The van der Waals surface area contributed by atoms with E-state index < -0.39 is 0 Å². The van der Waals surface area contributed by atoms with Crippen molar-refractivity contribution in [3.63, 3.8) is 0 Å². The van der Waals surface area contributed by atoms with Gasteiger partial charge in [-0.3, -0.25) is 15.0 Å². The van der Waals surface area contributed by atoms with Crippen molar-refractivity contribution in [3.05, 3.63) is 33.9 Å². The molecule has 1 fully saturated rings. The van der Waals surface area contributed by atoms with Crippen LogP contribution in [0.3, 0.4) is 0 Å². The lowest BCUT2D eigenvalue weighted by atomic mass is 10.1. The molecule has 0 radical (unpaired) electrons. The number of nitro benzene ring substituents is 1. The maximum atomic E-state index is 11.1. The zero-order valence-corrected chi connectivity index (χ0v) is 12.5. The van der Waals surface area contributed by atoms with Gasteiger partial charge in [-0.2, -0.15) is 0 Å². The van der Waals surface area contributed by atoms with Crippen LogP contribution >= 0.6 is 0 Å². The predicted octanol–water partition coefficient (Wildman–Crippen LogP) is 1.48. The number of anilines is 1. The highest BCUT2D eigenvalue weighted by atomic mass is 16.6. The standard InChI is InChI=1S/C14H21N3O4/c1-15-11-5-4-10(6-12(11)17(18)19)7-16-8-13(20-2)14(9-16)21-3/h4-6,13-15H,7-9H2,1-3H3. The maximum Gasteiger partial charge on any atom is 0.292 e. The van der Waals surface area contributed by atoms with Crippen LogP contribution < -0.4 is 5.32 Å². The summed E-state index contributed by atoms with van der Waals surface area (Å²) >= 11 is 0. The van der Waals surface area contributed by atoms with E-state index in [9.17, 15) is 10.1 Å². The van der Waals surface area contributed by atoms with Gasteiger partial charge in [0, 0.05) is 47.0 Å². The van der Waals surface area contributed by atoms with Crippen LogP contribution in [0.1, 0.15) is 5.56 Å². The highest BCUT2D eigenvalue weighted by molar-refractivity contribution is 5.62. The normalized spacial score (nSPS) is 22.4. The lowest BCUT2D eigenvalue weighted by Gasteiger charge is -2.15. The van der Waals surface area contributed by atoms with Gasteiger partial charge in [-0.25, -0.2) is 0 Å². The van der Waals surface area contributed by atoms with Crippen molar-refractivity contribution in [2.75, 3.05) is 39.7 Å². The molecule has 21 heavy (non-hydrogen) atoms. The van der Waals surface area contributed by atoms with E-state index in [1.165, 1.54) is 0 Å². The molecule has 1 saturated heterocycles. The van der Waals surface area contributed by atoms with Gasteiger partial charge in [0.2, 0.25) is 0 Å². The first-order chi connectivity index (χ1) is 10.1. The minimum absolute atomic E-state index is 0.0431. The number of hydrogen-bond acceptors (Lipinski definition) is 6. The van der Waals surface area contributed by atoms with Gasteiger partial charge in [0.1, 0.15) is 5.69 Å². The Morgan fingerprint density at radius 2 is 1.95 bits per heavy atom. The number of methoxy groups -OCH3 is 2. The molecule has 7 heteroatoms. The molecule has 0 saturated carbocycles. The number of nitrogens with one attached hydrogen (secondary N) is 1. The Balaban J connectivity index is 2.10. The number of nitro groups is 1. The Bertz CT molecular complexity index is 497. The van der Waals surface area contributed by atoms with Crippen molar-refractivity contribution < 1.29 is 14.4 Å². The van der Waals surface area contributed by atoms with Crippen molar-refractivity contribution in [1.82, 2.24) is 4.90 Å². The summed E-state index contributed by atoms with van der Waals surface area (Å²) in [5, 5.41) is 13.9. The SMILES string of the molecule is CNc1ccc(CN2CC(OC)C(OC)C2)cc1[N+](=O)[O-]. The van der Waals surface area contributed by atoms with Crippen LogP contribution in [0.25, 0.3) is 0 Å². The van der Waals surface area contributed by atoms with Crippen LogP contribution in [0.15, 0.2) is 18.2 Å². The monoisotopic (exact) mass is 295 g/mol. The van der Waals surface area contributed by atoms with Crippen molar-refractivity contribution >= 4 is 11.4 Å². The molecule has 0 spiro atoms. The molecule has 1 aromatic rings. The van der Waals surface area contributed by atoms with E-state index in [1.807, 2.05) is 6.07 Å². The summed E-state index contributed by atoms with van der Waals surface area (Å²) in [6.45, 7) is 2.16. The van der Waals surface area contributed by atoms with Crippen molar-refractivity contribution in [2.45, 2.75) is 18.8 Å². The fourth-order valence-electron chi connectivity index (χ4n) is 2.70. The highest BCUT2D eigenvalue weighted by Gasteiger charge is 2.32. The number of likely N-dealkylation sites (tertiary alicyclic amines) is 1. The lowest BCUT2D eigenvalue weighted by molar-refractivity contribution is -0.384. The third-order valence-electron chi connectivity index (χ3n) is 3.83. The quantitative estimate of drug-likeness (QED) is 0.633. The molecule has 2 rings (SSSR count). The van der Waals surface area contributed by atoms with Crippen molar-refractivity contribution in [1.29, 1.82) is 0 Å². The minimum atomic E-state index is -0.366. The topological polar surface area (TPSA) is 76.9 Å². The Morgan fingerprint density at radius 1 is 1.33 bits per heavy atom. The predicted molar refractivity (Wildman–Crippen MR) is 79.5 cm³/mol. The summed E-state index contributed by atoms with van der Waals surface area (Å²) in [6.07, 6.45) is 0.0862. The van der Waals surface area contributed by atoms with Gasteiger partial charge in [0.05, 0.1) is 17.1 Å². The molecule has 0 aliphatic carbocycles. The Hall–Kier alpha value is -1.70. The lowest BCUT2D eigenvalue weighted by Crippen LogP contribution is -2.27. The van der Waals surface area contributed by atoms with E-state index in [2.05, 4.69) is 10.2 Å². The Kier molecular flexibility index (Phi) is 5.11. The summed E-state index contributed by atoms with van der Waals surface area (Å²) in [7, 11) is 5.02. The smallest absolute Gasteiger partial charge is 0.292 e. The van der Waals surface area contributed by atoms with Gasteiger partial charge in [-0.1, -0.05) is 6.07 Å². The maximum absolute atomic E-state index is 11.1. The zero-order valence-electron chi connectivity index (χ0n) is 12.5. The van der Waals surface area contributed by atoms with Crippen LogP contribution in [0.2, 0.25) is 0 Å². The van der Waals surface area contributed by atoms with Gasteiger partial charge in [-0.15, -0.1) is 0 Å². The molecule has 0 bridgehead atoms. The molecule has 2 atom stereocenters. The first-order valence-corrected chi connectivity index (χ1v) is 6.82. The number of rotatable bonds is 6. The molecule has 2 unspecified atom stereocenters. The summed E-state index contributed by atoms with van der Waals surface area (Å²) in [5.74, 6) is 0. The van der Waals surface area contributed by atoms with Gasteiger partial charge in [-0.05, 0) is 11.6 Å². The van der Waals surface area contributed by atoms with Gasteiger partial charge in [0.15, 0.2) is 0 Å². The summed E-state index contributed by atoms with van der Waals surface area (Å²) < 4.78 is 10.8. The summed E-state index contributed by atoms with van der Waals surface area (Å²) in [6, 6.07) is 5.26. The molecule has 0 amide bonds. The van der Waals surface area contributed by atoms with Crippen molar-refractivity contribution in [2.24, 2.45) is 0 Å². The van der Waals surface area contributed by atoms with Crippen LogP contribution in [0, 0.1) is 10.1 Å². The molecular weight excluding hydrogens is 274 g/mol. The van der Waals surface area contributed by atoms with Crippen LogP contribution in [0.4, 0.5) is 11.4 Å². The van der Waals surface area contributed by atoms with E-state index in [4.69, 9.17) is 9.47 Å². The second-order valence-corrected chi connectivity index (χ2v) is 5.10. The molecule has 0 aromatic heterocycles. The second-order valence-electron chi connectivity index (χ2n) is 5.10. The minimum Gasteiger partial charge on any atom is -0.383 e. The van der Waals surface area contributed by atoms with E-state index in [1.54, 1.807) is 33.4 Å². The van der Waals surface area contributed by atoms with Crippen LogP contribution in [0.5, 0.6) is 0 Å². The number of hydrogen-bond donors (Lipinski definition) is 1. The third-order valence-corrected chi connectivity index (χ3v) is 3.83. The largest absolute Gasteiger partial charge is 0.383 e. The average molecular weight is 295 g/mol. The van der Waals surface area contributed by atoms with Gasteiger partial charge < -0.3 is 14.8 Å². The fraction of sp³-hybridized carbons (Fsp3) is 0.571. The van der Waals surface area contributed by atoms with Crippen LogP contribution in [-0.4, -0.2) is 56.4 Å². The second kappa shape index (κ2) is 6.84. The van der Waals surface area contributed by atoms with E-state index >= 15 is 0 Å². The van der Waals surface area contributed by atoms with E-state index in [0.717, 1.165) is 18.7 Å². The average Bonchev–Trinajstić information content (AvgIpc) is 2.89. The Labute approximate surface area is 124 Å². The van der Waals surface area contributed by atoms with Gasteiger partial charge in [0.25, 0.3) is 5.69 Å². The van der Waals surface area contributed by atoms with Gasteiger partial charge >= 0.3 is 0 Å². The molecule has 116 valence electrons. The van der Waals surface area contributed by atoms with Crippen molar-refractivity contribution in [3.8, 4) is 0 Å². The summed E-state index contributed by atoms with van der Waals surface area (Å²) in [4.78, 5) is 12.9. The summed E-state index contributed by atoms with van der Waals surface area (Å²) in [5.41, 5.74) is 1.53.